The molecule has 0 bridgehead atoms. The minimum Gasteiger partial charge on any atom is -0.368 e. The molecule has 0 radical (unpaired) electrons. The monoisotopic (exact) mass is 180 g/mol. The molecule has 0 aromatic carbocycles. The van der Waals surface area contributed by atoms with E-state index in [0.29, 0.717) is 13.1 Å². The molecule has 13 heavy (non-hydrogen) atoms. The first kappa shape index (κ1) is 9.31. The van der Waals surface area contributed by atoms with Crippen LogP contribution in [0.5, 0.6) is 0 Å². The van der Waals surface area contributed by atoms with E-state index in [4.69, 9.17) is 5.73 Å². The number of urea groups is 1. The van der Waals surface area contributed by atoms with Crippen molar-refractivity contribution in [1.29, 1.82) is 0 Å². The molecule has 0 aliphatic rings. The topological polar surface area (TPSA) is 80.0 Å². The largest absolute Gasteiger partial charge is 0.368 e. The SMILES string of the molecule is NC(=O)NCCNc1ccccn1. The molecule has 1 aromatic heterocycles. The Labute approximate surface area is 76.3 Å². The molecule has 0 aliphatic carbocycles. The Hall–Kier alpha value is -1.78. The number of hydrogen-bond acceptors (Lipinski definition) is 3. The fraction of sp³-hybridized carbons (Fsp3) is 0.250. The van der Waals surface area contributed by atoms with Crippen molar-refractivity contribution in [3.8, 4) is 0 Å². The second-order valence-corrected chi connectivity index (χ2v) is 2.43. The number of carbonyl (C=O) groups excluding carboxylic acids is 1. The summed E-state index contributed by atoms with van der Waals surface area (Å²) >= 11 is 0. The summed E-state index contributed by atoms with van der Waals surface area (Å²) in [7, 11) is 0. The molecular weight excluding hydrogens is 168 g/mol. The van der Waals surface area contributed by atoms with Crippen molar-refractivity contribution in [2.75, 3.05) is 18.4 Å². The Bertz CT molecular complexity index is 262. The van der Waals surface area contributed by atoms with E-state index in [-0.39, 0.29) is 0 Å². The first-order valence-electron chi connectivity index (χ1n) is 3.97. The van der Waals surface area contributed by atoms with Crippen LogP contribution in [0.25, 0.3) is 0 Å². The number of hydrogen-bond donors (Lipinski definition) is 3. The number of nitrogens with one attached hydrogen (secondary N) is 2. The third-order valence-electron chi connectivity index (χ3n) is 1.40. The summed E-state index contributed by atoms with van der Waals surface area (Å²) in [5.41, 5.74) is 4.88. The highest BCUT2D eigenvalue weighted by molar-refractivity contribution is 5.71. The molecule has 0 spiro atoms. The lowest BCUT2D eigenvalue weighted by atomic mass is 10.4. The van der Waals surface area contributed by atoms with E-state index < -0.39 is 6.03 Å². The molecule has 0 fully saturated rings. The zero-order valence-corrected chi connectivity index (χ0v) is 7.16. The van der Waals surface area contributed by atoms with Gasteiger partial charge in [-0.1, -0.05) is 6.07 Å². The van der Waals surface area contributed by atoms with Crippen LogP contribution < -0.4 is 16.4 Å². The van der Waals surface area contributed by atoms with Gasteiger partial charge in [0.05, 0.1) is 0 Å². The lowest BCUT2D eigenvalue weighted by Gasteiger charge is -2.04. The maximum atomic E-state index is 10.3. The van der Waals surface area contributed by atoms with E-state index in [1.165, 1.54) is 0 Å². The minimum absolute atomic E-state index is 0.492. The van der Waals surface area contributed by atoms with E-state index >= 15 is 0 Å². The number of amides is 2. The summed E-state index contributed by atoms with van der Waals surface area (Å²) in [5.74, 6) is 0.786. The molecule has 5 heteroatoms. The number of rotatable bonds is 4. The Kier molecular flexibility index (Phi) is 3.56. The molecule has 0 saturated heterocycles. The molecule has 0 saturated carbocycles. The number of primary amides is 1. The van der Waals surface area contributed by atoms with Crippen LogP contribution in [0.1, 0.15) is 0 Å². The van der Waals surface area contributed by atoms with Gasteiger partial charge in [-0.3, -0.25) is 0 Å². The van der Waals surface area contributed by atoms with E-state index in [1.54, 1.807) is 6.20 Å². The second kappa shape index (κ2) is 4.97. The maximum absolute atomic E-state index is 10.3. The lowest BCUT2D eigenvalue weighted by Crippen LogP contribution is -2.33. The Morgan fingerprint density at radius 3 is 2.92 bits per heavy atom. The predicted octanol–water partition coefficient (Wildman–Crippen LogP) is 0.162. The zero-order valence-electron chi connectivity index (χ0n) is 7.16. The quantitative estimate of drug-likeness (QED) is 0.577. The number of nitrogens with zero attached hydrogens (tertiary/aromatic N) is 1. The van der Waals surface area contributed by atoms with Gasteiger partial charge >= 0.3 is 6.03 Å². The van der Waals surface area contributed by atoms with Crippen molar-refractivity contribution in [1.82, 2.24) is 10.3 Å². The molecule has 0 unspecified atom stereocenters. The number of anilines is 1. The van der Waals surface area contributed by atoms with Gasteiger partial charge in [-0.2, -0.15) is 0 Å². The Balaban J connectivity index is 2.17. The highest BCUT2D eigenvalue weighted by atomic mass is 16.2. The maximum Gasteiger partial charge on any atom is 0.312 e. The van der Waals surface area contributed by atoms with Crippen molar-refractivity contribution in [3.63, 3.8) is 0 Å². The van der Waals surface area contributed by atoms with Gasteiger partial charge in [-0.25, -0.2) is 9.78 Å². The van der Waals surface area contributed by atoms with Crippen molar-refractivity contribution in [2.45, 2.75) is 0 Å². The van der Waals surface area contributed by atoms with Gasteiger partial charge in [-0.05, 0) is 12.1 Å². The van der Waals surface area contributed by atoms with Crippen LogP contribution in [0, 0.1) is 0 Å². The molecule has 4 N–H and O–H groups in total. The molecule has 1 rings (SSSR count). The van der Waals surface area contributed by atoms with E-state index in [9.17, 15) is 4.79 Å². The number of carbonyl (C=O) groups is 1. The van der Waals surface area contributed by atoms with Crippen LogP contribution in [-0.2, 0) is 0 Å². The van der Waals surface area contributed by atoms with E-state index in [2.05, 4.69) is 15.6 Å². The average Bonchev–Trinajstić information content (AvgIpc) is 2.14. The molecule has 70 valence electrons. The third-order valence-corrected chi connectivity index (χ3v) is 1.40. The summed E-state index contributed by atoms with van der Waals surface area (Å²) in [6, 6.07) is 5.07. The summed E-state index contributed by atoms with van der Waals surface area (Å²) in [4.78, 5) is 14.3. The molecule has 5 nitrogen and oxygen atoms in total. The van der Waals surface area contributed by atoms with E-state index in [0.717, 1.165) is 5.82 Å². The fourth-order valence-corrected chi connectivity index (χ4v) is 0.844. The molecule has 1 aromatic rings. The first-order valence-corrected chi connectivity index (χ1v) is 3.97. The number of aromatic nitrogens is 1. The van der Waals surface area contributed by atoms with Gasteiger partial charge in [0.25, 0.3) is 0 Å². The van der Waals surface area contributed by atoms with Gasteiger partial charge < -0.3 is 16.4 Å². The van der Waals surface area contributed by atoms with Gasteiger partial charge in [0.1, 0.15) is 5.82 Å². The Morgan fingerprint density at radius 1 is 1.46 bits per heavy atom. The molecule has 0 aliphatic heterocycles. The molecule has 2 amide bonds. The van der Waals surface area contributed by atoms with Crippen LogP contribution in [0.15, 0.2) is 24.4 Å². The number of nitrogens with two attached hydrogens (primary N) is 1. The normalized spacial score (nSPS) is 9.23. The van der Waals surface area contributed by atoms with Crippen LogP contribution in [0.4, 0.5) is 10.6 Å². The smallest absolute Gasteiger partial charge is 0.312 e. The molecular formula is C8H12N4O. The van der Waals surface area contributed by atoms with Crippen LogP contribution in [-0.4, -0.2) is 24.1 Å². The summed E-state index contributed by atoms with van der Waals surface area (Å²) in [5, 5.41) is 5.48. The summed E-state index contributed by atoms with van der Waals surface area (Å²) in [6.45, 7) is 1.10. The highest BCUT2D eigenvalue weighted by Crippen LogP contribution is 1.97. The molecule has 0 atom stereocenters. The minimum atomic E-state index is -0.511. The van der Waals surface area contributed by atoms with Crippen molar-refractivity contribution in [2.24, 2.45) is 5.73 Å². The predicted molar refractivity (Wildman–Crippen MR) is 50.3 cm³/mol. The van der Waals surface area contributed by atoms with Gasteiger partial charge in [-0.15, -0.1) is 0 Å². The fourth-order valence-electron chi connectivity index (χ4n) is 0.844. The third kappa shape index (κ3) is 3.95. The van der Waals surface area contributed by atoms with Gasteiger partial charge in [0, 0.05) is 19.3 Å². The van der Waals surface area contributed by atoms with Crippen LogP contribution in [0.2, 0.25) is 0 Å². The van der Waals surface area contributed by atoms with Gasteiger partial charge in [0.15, 0.2) is 0 Å². The van der Waals surface area contributed by atoms with Gasteiger partial charge in [0.2, 0.25) is 0 Å². The average molecular weight is 180 g/mol. The standard InChI is InChI=1S/C8H12N4O/c9-8(13)12-6-5-11-7-3-1-2-4-10-7/h1-4H,5-6H2,(H,10,11)(H3,9,12,13). The molecule has 1 heterocycles. The summed E-state index contributed by atoms with van der Waals surface area (Å²) in [6.07, 6.45) is 1.70. The van der Waals surface area contributed by atoms with Crippen molar-refractivity contribution >= 4 is 11.8 Å². The van der Waals surface area contributed by atoms with Crippen molar-refractivity contribution in [3.05, 3.63) is 24.4 Å². The van der Waals surface area contributed by atoms with Crippen molar-refractivity contribution < 1.29 is 4.79 Å². The first-order chi connectivity index (χ1) is 6.29. The second-order valence-electron chi connectivity index (χ2n) is 2.43. The lowest BCUT2D eigenvalue weighted by molar-refractivity contribution is 0.249. The van der Waals surface area contributed by atoms with Crippen LogP contribution in [0.3, 0.4) is 0 Å². The van der Waals surface area contributed by atoms with Crippen LogP contribution >= 0.6 is 0 Å². The highest BCUT2D eigenvalue weighted by Gasteiger charge is 1.91. The van der Waals surface area contributed by atoms with E-state index in [1.807, 2.05) is 18.2 Å². The summed E-state index contributed by atoms with van der Waals surface area (Å²) < 4.78 is 0. The zero-order chi connectivity index (χ0) is 9.52. The Morgan fingerprint density at radius 2 is 2.31 bits per heavy atom. The number of pyridine rings is 1.